The van der Waals surface area contributed by atoms with Crippen molar-refractivity contribution >= 4 is 35.1 Å². The van der Waals surface area contributed by atoms with E-state index in [-0.39, 0.29) is 24.8 Å². The molecule has 3 heterocycles. The second-order valence-corrected chi connectivity index (χ2v) is 8.90. The molecular formula is C25H23ClN4O4. The molecule has 1 aromatic heterocycles. The van der Waals surface area contributed by atoms with E-state index < -0.39 is 11.9 Å². The molecule has 8 nitrogen and oxygen atoms in total. The Bertz CT molecular complexity index is 1290. The molecule has 5 rings (SSSR count). The fourth-order valence-electron chi connectivity index (χ4n) is 4.71. The van der Waals surface area contributed by atoms with Crippen LogP contribution in [-0.4, -0.2) is 53.1 Å². The van der Waals surface area contributed by atoms with Crippen LogP contribution in [-0.2, 0) is 27.3 Å². The van der Waals surface area contributed by atoms with E-state index in [1.807, 2.05) is 18.2 Å². The highest BCUT2D eigenvalue weighted by atomic mass is 35.5. The van der Waals surface area contributed by atoms with Crippen molar-refractivity contribution in [2.75, 3.05) is 25.1 Å². The van der Waals surface area contributed by atoms with Gasteiger partial charge in [0.1, 0.15) is 0 Å². The van der Waals surface area contributed by atoms with Crippen molar-refractivity contribution in [3.63, 3.8) is 0 Å². The number of carbonyl (C=O) groups excluding carboxylic acids is 3. The van der Waals surface area contributed by atoms with Gasteiger partial charge in [-0.05, 0) is 24.3 Å². The van der Waals surface area contributed by atoms with Gasteiger partial charge < -0.3 is 14.5 Å². The minimum absolute atomic E-state index is 0.0738. The number of hydrogen-bond donors (Lipinski definition) is 1. The summed E-state index contributed by atoms with van der Waals surface area (Å²) < 4.78 is 4.85. The SMILES string of the molecule is COC(=O)c1ccccc1N1CC(C(=O)N2CCc3[nH]nc(-c4cccc(Cl)c4)c3C2)CC1=O. The fraction of sp³-hybridized carbons (Fsp3) is 0.280. The number of rotatable bonds is 4. The van der Waals surface area contributed by atoms with E-state index in [1.165, 1.54) is 12.0 Å². The first-order chi connectivity index (χ1) is 16.5. The maximum atomic E-state index is 13.4. The van der Waals surface area contributed by atoms with Gasteiger partial charge in [-0.1, -0.05) is 35.9 Å². The number of amides is 2. The molecular weight excluding hydrogens is 456 g/mol. The zero-order valence-corrected chi connectivity index (χ0v) is 19.3. The van der Waals surface area contributed by atoms with Crippen molar-refractivity contribution in [2.45, 2.75) is 19.4 Å². The maximum Gasteiger partial charge on any atom is 0.339 e. The van der Waals surface area contributed by atoms with Crippen molar-refractivity contribution in [1.29, 1.82) is 0 Å². The molecule has 1 saturated heterocycles. The van der Waals surface area contributed by atoms with E-state index in [4.69, 9.17) is 16.3 Å². The lowest BCUT2D eigenvalue weighted by molar-refractivity contribution is -0.136. The van der Waals surface area contributed by atoms with Crippen LogP contribution in [0, 0.1) is 5.92 Å². The summed E-state index contributed by atoms with van der Waals surface area (Å²) in [5, 5.41) is 8.18. The van der Waals surface area contributed by atoms with Crippen molar-refractivity contribution in [1.82, 2.24) is 15.1 Å². The van der Waals surface area contributed by atoms with E-state index in [0.717, 1.165) is 22.5 Å². The van der Waals surface area contributed by atoms with Gasteiger partial charge >= 0.3 is 5.97 Å². The third-order valence-electron chi connectivity index (χ3n) is 6.42. The van der Waals surface area contributed by atoms with Crippen molar-refractivity contribution in [2.24, 2.45) is 5.92 Å². The highest BCUT2D eigenvalue weighted by Gasteiger charge is 2.39. The monoisotopic (exact) mass is 478 g/mol. The van der Waals surface area contributed by atoms with Crippen LogP contribution < -0.4 is 4.90 Å². The first kappa shape index (κ1) is 22.2. The zero-order chi connectivity index (χ0) is 23.8. The topological polar surface area (TPSA) is 95.6 Å². The van der Waals surface area contributed by atoms with Crippen LogP contribution in [0.1, 0.15) is 28.0 Å². The van der Waals surface area contributed by atoms with Gasteiger partial charge in [-0.3, -0.25) is 14.7 Å². The number of nitrogens with zero attached hydrogens (tertiary/aromatic N) is 3. The molecule has 34 heavy (non-hydrogen) atoms. The number of anilines is 1. The van der Waals surface area contributed by atoms with Gasteiger partial charge in [-0.15, -0.1) is 0 Å². The molecule has 0 spiro atoms. The molecule has 1 unspecified atom stereocenters. The van der Waals surface area contributed by atoms with Crippen LogP contribution in [0.3, 0.4) is 0 Å². The van der Waals surface area contributed by atoms with Gasteiger partial charge in [0.05, 0.1) is 30.0 Å². The van der Waals surface area contributed by atoms with Gasteiger partial charge in [0.25, 0.3) is 0 Å². The number of esters is 1. The second-order valence-electron chi connectivity index (χ2n) is 8.46. The Kier molecular flexibility index (Phi) is 5.83. The lowest BCUT2D eigenvalue weighted by Crippen LogP contribution is -2.40. The van der Waals surface area contributed by atoms with Crippen molar-refractivity contribution < 1.29 is 19.1 Å². The molecule has 9 heteroatoms. The molecule has 1 atom stereocenters. The number of aromatic amines is 1. The summed E-state index contributed by atoms with van der Waals surface area (Å²) in [4.78, 5) is 41.7. The van der Waals surface area contributed by atoms with Crippen molar-refractivity contribution in [3.05, 3.63) is 70.4 Å². The molecule has 0 aliphatic carbocycles. The molecule has 0 saturated carbocycles. The third kappa shape index (κ3) is 3.94. The number of aromatic nitrogens is 2. The van der Waals surface area contributed by atoms with Gasteiger partial charge in [0.15, 0.2) is 0 Å². The molecule has 1 fully saturated rings. The highest BCUT2D eigenvalue weighted by Crippen LogP contribution is 2.33. The van der Waals surface area contributed by atoms with Crippen LogP contribution in [0.2, 0.25) is 5.02 Å². The molecule has 1 N–H and O–H groups in total. The fourth-order valence-corrected chi connectivity index (χ4v) is 4.90. The first-order valence-electron chi connectivity index (χ1n) is 11.0. The molecule has 2 aliphatic heterocycles. The lowest BCUT2D eigenvalue weighted by Gasteiger charge is -2.29. The number of H-pyrrole nitrogens is 1. The van der Waals surface area contributed by atoms with E-state index in [1.54, 1.807) is 35.2 Å². The van der Waals surface area contributed by atoms with Crippen LogP contribution in [0.5, 0.6) is 0 Å². The number of nitrogens with one attached hydrogen (secondary N) is 1. The van der Waals surface area contributed by atoms with Gasteiger partial charge in [-0.2, -0.15) is 5.10 Å². The Hall–Kier alpha value is -3.65. The summed E-state index contributed by atoms with van der Waals surface area (Å²) in [6.07, 6.45) is 0.758. The highest BCUT2D eigenvalue weighted by molar-refractivity contribution is 6.30. The summed E-state index contributed by atoms with van der Waals surface area (Å²) in [5.41, 5.74) is 4.42. The quantitative estimate of drug-likeness (QED) is 0.579. The van der Waals surface area contributed by atoms with Gasteiger partial charge in [0.2, 0.25) is 11.8 Å². The Labute approximate surface area is 201 Å². The number of hydrogen-bond acceptors (Lipinski definition) is 5. The van der Waals surface area contributed by atoms with E-state index in [2.05, 4.69) is 10.2 Å². The summed E-state index contributed by atoms with van der Waals surface area (Å²) in [5.74, 6) is -1.26. The van der Waals surface area contributed by atoms with E-state index >= 15 is 0 Å². The predicted molar refractivity (Wildman–Crippen MR) is 126 cm³/mol. The average Bonchev–Trinajstić information content (AvgIpc) is 3.46. The molecule has 0 bridgehead atoms. The number of halogens is 1. The number of fused-ring (bicyclic) bond motifs is 1. The second kappa shape index (κ2) is 8.95. The van der Waals surface area contributed by atoms with Crippen molar-refractivity contribution in [3.8, 4) is 11.3 Å². The van der Waals surface area contributed by atoms with E-state index in [0.29, 0.717) is 35.8 Å². The van der Waals surface area contributed by atoms with Gasteiger partial charge in [0, 0.05) is 54.3 Å². The molecule has 3 aromatic rings. The minimum atomic E-state index is -0.518. The summed E-state index contributed by atoms with van der Waals surface area (Å²) >= 11 is 6.16. The van der Waals surface area contributed by atoms with Crippen LogP contribution >= 0.6 is 11.6 Å². The Morgan fingerprint density at radius 3 is 2.79 bits per heavy atom. The predicted octanol–water partition coefficient (Wildman–Crippen LogP) is 3.45. The molecule has 2 amide bonds. The van der Waals surface area contributed by atoms with Crippen LogP contribution in [0.15, 0.2) is 48.5 Å². The number of benzene rings is 2. The zero-order valence-electron chi connectivity index (χ0n) is 18.6. The lowest BCUT2D eigenvalue weighted by atomic mass is 9.99. The number of para-hydroxylation sites is 1. The van der Waals surface area contributed by atoms with Gasteiger partial charge in [-0.25, -0.2) is 4.79 Å². The largest absolute Gasteiger partial charge is 0.465 e. The Morgan fingerprint density at radius 2 is 2.00 bits per heavy atom. The summed E-state index contributed by atoms with van der Waals surface area (Å²) in [6, 6.07) is 14.3. The molecule has 0 radical (unpaired) electrons. The normalized spacial score (nSPS) is 17.6. The third-order valence-corrected chi connectivity index (χ3v) is 6.65. The number of ether oxygens (including phenoxy) is 1. The number of carbonyl (C=O) groups is 3. The average molecular weight is 479 g/mol. The maximum absolute atomic E-state index is 13.4. The minimum Gasteiger partial charge on any atom is -0.465 e. The molecule has 174 valence electrons. The summed E-state index contributed by atoms with van der Waals surface area (Å²) in [7, 11) is 1.30. The standard InChI is InChI=1S/C25H23ClN4O4/c1-34-25(33)18-7-2-3-8-21(18)30-13-16(12-22(30)31)24(32)29-10-9-20-19(14-29)23(28-27-20)15-5-4-6-17(26)11-15/h2-8,11,16H,9-10,12-14H2,1H3,(H,27,28). The number of methoxy groups -OCH3 is 1. The summed E-state index contributed by atoms with van der Waals surface area (Å²) in [6.45, 7) is 1.18. The van der Waals surface area contributed by atoms with E-state index in [9.17, 15) is 14.4 Å². The van der Waals surface area contributed by atoms with Crippen LogP contribution in [0.25, 0.3) is 11.3 Å². The van der Waals surface area contributed by atoms with Crippen LogP contribution in [0.4, 0.5) is 5.69 Å². The molecule has 2 aliphatic rings. The first-order valence-corrected chi connectivity index (χ1v) is 11.4. The Balaban J connectivity index is 1.35. The Morgan fingerprint density at radius 1 is 1.18 bits per heavy atom. The smallest absolute Gasteiger partial charge is 0.339 e. The molecule has 2 aromatic carbocycles.